The highest BCUT2D eigenvalue weighted by atomic mass is 32.2. The van der Waals surface area contributed by atoms with Gasteiger partial charge in [-0.1, -0.05) is 32.1 Å². The van der Waals surface area contributed by atoms with Crippen LogP contribution in [0.25, 0.3) is 6.08 Å². The largest absolute Gasteiger partial charge is 0.494 e. The molecule has 1 aromatic rings. The SMILES string of the molecule is C=CC(CO)CC(=C)CS(=O)(=O)c1ccc[nH]c(O)c(/C=C2\N=C(C)C(C(=O)NCCN(CC)CC)=C2C)cc1. The predicted octanol–water partition coefficient (Wildman–Crippen LogP) is 3.95. The Morgan fingerprint density at radius 2 is 1.93 bits per heavy atom. The van der Waals surface area contributed by atoms with Gasteiger partial charge in [0.15, 0.2) is 15.7 Å². The Hall–Kier alpha value is -3.47. The first-order chi connectivity index (χ1) is 19.0. The number of aliphatic hydroxyl groups is 1. The molecule has 0 radical (unpaired) electrons. The van der Waals surface area contributed by atoms with Crippen molar-refractivity contribution < 1.29 is 23.4 Å². The summed E-state index contributed by atoms with van der Waals surface area (Å²) in [5.41, 5.74) is 2.92. The van der Waals surface area contributed by atoms with Gasteiger partial charge < -0.3 is 25.4 Å². The van der Waals surface area contributed by atoms with Crippen molar-refractivity contribution in [3.8, 4) is 5.88 Å². The molecule has 0 saturated heterocycles. The van der Waals surface area contributed by atoms with Gasteiger partial charge in [-0.3, -0.25) is 9.79 Å². The number of hydrogen-bond donors (Lipinski definition) is 4. The summed E-state index contributed by atoms with van der Waals surface area (Å²) in [5.74, 6) is -0.976. The van der Waals surface area contributed by atoms with Crippen molar-refractivity contribution in [2.24, 2.45) is 10.9 Å². The van der Waals surface area contributed by atoms with Crippen molar-refractivity contribution in [3.05, 3.63) is 77.7 Å². The van der Waals surface area contributed by atoms with Gasteiger partial charge in [-0.2, -0.15) is 0 Å². The van der Waals surface area contributed by atoms with Gasteiger partial charge in [0, 0.05) is 37.4 Å². The van der Waals surface area contributed by atoms with Crippen LogP contribution in [0, 0.1) is 5.92 Å². The molecule has 0 aliphatic carbocycles. The molecule has 0 spiro atoms. The molecule has 1 amide bonds. The summed E-state index contributed by atoms with van der Waals surface area (Å²) in [5, 5.41) is 23.0. The van der Waals surface area contributed by atoms with E-state index >= 15 is 0 Å². The van der Waals surface area contributed by atoms with Crippen LogP contribution in [0.15, 0.2) is 82.0 Å². The quantitative estimate of drug-likeness (QED) is 0.250. The lowest BCUT2D eigenvalue weighted by Crippen LogP contribution is -2.36. The van der Waals surface area contributed by atoms with Gasteiger partial charge in [-0.25, -0.2) is 8.42 Å². The standard InChI is InChI=1S/C30H42N4O5S/c1-7-24(19-35)17-21(4)20-40(38,39)26-11-10-14-31-29(36)25(12-13-26)18-27-22(5)28(23(6)33-27)30(37)32-15-16-34(8-2)9-3/h7,10-14,18,24,31,35-36H,1,4,8-9,15-17,19-20H2,2-3,5-6H3,(H,32,37)/b13-12?,14-10?,26-11?,27-18-,29-25?. The number of amides is 1. The average Bonchev–Trinajstić information content (AvgIpc) is 3.23. The molecule has 1 aliphatic heterocycles. The first-order valence-corrected chi connectivity index (χ1v) is 15.0. The van der Waals surface area contributed by atoms with E-state index in [-0.39, 0.29) is 40.5 Å². The summed E-state index contributed by atoms with van der Waals surface area (Å²) >= 11 is 0. The van der Waals surface area contributed by atoms with E-state index < -0.39 is 9.84 Å². The second-order valence-corrected chi connectivity index (χ2v) is 11.6. The predicted molar refractivity (Wildman–Crippen MR) is 161 cm³/mol. The number of carbonyl (C=O) groups excluding carboxylic acids is 1. The molecule has 10 heteroatoms. The number of aliphatic imine (C=N–C) groups is 1. The highest BCUT2D eigenvalue weighted by Gasteiger charge is 2.24. The van der Waals surface area contributed by atoms with Gasteiger partial charge in [0.1, 0.15) is 0 Å². The molecule has 9 nitrogen and oxygen atoms in total. The van der Waals surface area contributed by atoms with Crippen molar-refractivity contribution in [2.45, 2.75) is 39.0 Å². The van der Waals surface area contributed by atoms with Crippen molar-refractivity contribution in [1.82, 2.24) is 15.2 Å². The number of aromatic hydroxyl groups is 1. The van der Waals surface area contributed by atoms with E-state index in [0.29, 0.717) is 41.1 Å². The maximum atomic E-state index is 13.2. The summed E-state index contributed by atoms with van der Waals surface area (Å²) in [6, 6.07) is 5.80. The fraction of sp³-hybridized carbons (Fsp3) is 0.400. The van der Waals surface area contributed by atoms with E-state index in [2.05, 4.69) is 47.2 Å². The maximum absolute atomic E-state index is 13.2. The monoisotopic (exact) mass is 570 g/mol. The van der Waals surface area contributed by atoms with E-state index in [0.717, 1.165) is 19.6 Å². The Labute approximate surface area is 238 Å². The summed E-state index contributed by atoms with van der Waals surface area (Å²) < 4.78 is 26.3. The summed E-state index contributed by atoms with van der Waals surface area (Å²) in [4.78, 5) is 22.4. The third-order valence-electron chi connectivity index (χ3n) is 6.69. The van der Waals surface area contributed by atoms with Gasteiger partial charge in [0.25, 0.3) is 5.91 Å². The molecule has 1 aromatic heterocycles. The van der Waals surface area contributed by atoms with Crippen LogP contribution in [0.4, 0.5) is 0 Å². The topological polar surface area (TPSA) is 135 Å². The van der Waals surface area contributed by atoms with Crippen molar-refractivity contribution in [1.29, 1.82) is 0 Å². The van der Waals surface area contributed by atoms with Crippen LogP contribution in [-0.2, 0) is 14.6 Å². The summed E-state index contributed by atoms with van der Waals surface area (Å²) in [6.07, 6.45) is 4.90. The Bertz CT molecular complexity index is 1350. The number of hydrogen-bond acceptors (Lipinski definition) is 7. The van der Waals surface area contributed by atoms with E-state index in [1.165, 1.54) is 30.5 Å². The minimum Gasteiger partial charge on any atom is -0.494 e. The number of nitrogens with zero attached hydrogens (tertiary/aromatic N) is 2. The number of aromatic nitrogens is 1. The normalized spacial score (nSPS) is 15.2. The van der Waals surface area contributed by atoms with E-state index in [9.17, 15) is 23.4 Å². The van der Waals surface area contributed by atoms with Crippen molar-refractivity contribution in [2.75, 3.05) is 38.5 Å². The number of H-pyrrole nitrogens is 1. The molecule has 218 valence electrons. The second kappa shape index (κ2) is 15.4. The minimum atomic E-state index is -3.77. The van der Waals surface area contributed by atoms with E-state index in [1.54, 1.807) is 26.0 Å². The first-order valence-electron chi connectivity index (χ1n) is 13.3. The molecule has 2 rings (SSSR count). The fourth-order valence-corrected chi connectivity index (χ4v) is 5.67. The molecule has 0 saturated carbocycles. The smallest absolute Gasteiger partial charge is 0.253 e. The third-order valence-corrected chi connectivity index (χ3v) is 8.46. The van der Waals surface area contributed by atoms with Crippen LogP contribution >= 0.6 is 0 Å². The molecule has 1 atom stereocenters. The molecule has 0 bridgehead atoms. The number of aromatic amines is 1. The molecular formula is C30H42N4O5S. The molecular weight excluding hydrogens is 528 g/mol. The number of nitrogens with one attached hydrogen (secondary N) is 2. The second-order valence-electron chi connectivity index (χ2n) is 9.61. The Kier molecular flexibility index (Phi) is 12.6. The van der Waals surface area contributed by atoms with Gasteiger partial charge >= 0.3 is 0 Å². The maximum Gasteiger partial charge on any atom is 0.253 e. The van der Waals surface area contributed by atoms with Crippen molar-refractivity contribution in [3.63, 3.8) is 0 Å². The number of aliphatic hydroxyl groups excluding tert-OH is 1. The molecule has 1 unspecified atom stereocenters. The van der Waals surface area contributed by atoms with Gasteiger partial charge in [-0.15, -0.1) is 6.58 Å². The highest BCUT2D eigenvalue weighted by Crippen LogP contribution is 2.29. The van der Waals surface area contributed by atoms with E-state index in [1.807, 2.05) is 0 Å². The van der Waals surface area contributed by atoms with Crippen LogP contribution in [0.3, 0.4) is 0 Å². The molecule has 0 aromatic carbocycles. The van der Waals surface area contributed by atoms with Crippen LogP contribution in [-0.4, -0.2) is 78.7 Å². The molecule has 1 aliphatic rings. The van der Waals surface area contributed by atoms with Gasteiger partial charge in [0.05, 0.1) is 27.6 Å². The minimum absolute atomic E-state index is 0.0306. The third kappa shape index (κ3) is 9.04. The lowest BCUT2D eigenvalue weighted by molar-refractivity contribution is -0.117. The Morgan fingerprint density at radius 3 is 2.55 bits per heavy atom. The number of rotatable bonds is 14. The van der Waals surface area contributed by atoms with Gasteiger partial charge in [-0.05, 0) is 69.3 Å². The molecule has 4 N–H and O–H groups in total. The zero-order valence-corrected chi connectivity index (χ0v) is 24.7. The van der Waals surface area contributed by atoms with Gasteiger partial charge in [0.2, 0.25) is 0 Å². The van der Waals surface area contributed by atoms with Crippen LogP contribution in [0.5, 0.6) is 5.88 Å². The molecule has 2 heterocycles. The van der Waals surface area contributed by atoms with Crippen LogP contribution < -0.4 is 5.32 Å². The lowest BCUT2D eigenvalue weighted by atomic mass is 10.0. The first kappa shape index (κ1) is 32.7. The molecule has 40 heavy (non-hydrogen) atoms. The van der Waals surface area contributed by atoms with E-state index in [4.69, 9.17) is 0 Å². The Morgan fingerprint density at radius 1 is 1.23 bits per heavy atom. The van der Waals surface area contributed by atoms with Crippen molar-refractivity contribution >= 4 is 27.5 Å². The van der Waals surface area contributed by atoms with Crippen LogP contribution in [0.1, 0.15) is 39.7 Å². The molecule has 0 fully saturated rings. The zero-order chi connectivity index (χ0) is 29.9. The summed E-state index contributed by atoms with van der Waals surface area (Å²) in [6.45, 7) is 18.1. The summed E-state index contributed by atoms with van der Waals surface area (Å²) in [7, 11) is -3.77. The highest BCUT2D eigenvalue weighted by molar-refractivity contribution is 7.91. The number of likely N-dealkylation sites (N-methyl/N-ethyl adjacent to an activating group) is 1. The number of allylic oxidation sites excluding steroid dienone is 1. The fourth-order valence-electron chi connectivity index (χ4n) is 4.29. The average molecular weight is 571 g/mol. The lowest BCUT2D eigenvalue weighted by Gasteiger charge is -2.18. The Balaban J connectivity index is 2.38. The van der Waals surface area contributed by atoms with Crippen LogP contribution in [0.2, 0.25) is 0 Å². The number of sulfone groups is 1. The zero-order valence-electron chi connectivity index (χ0n) is 23.9. The number of carbonyl (C=O) groups is 1.